The zero-order valence-electron chi connectivity index (χ0n) is 9.46. The SMILES string of the molecule is O=C(O)Cc1ccc(O)c(NS(=O)(=O)C2CC2)c1. The van der Waals surface area contributed by atoms with Gasteiger partial charge in [-0.15, -0.1) is 0 Å². The second kappa shape index (κ2) is 4.49. The molecular weight excluding hydrogens is 258 g/mol. The van der Waals surface area contributed by atoms with Gasteiger partial charge in [-0.3, -0.25) is 9.52 Å². The van der Waals surface area contributed by atoms with Crippen molar-refractivity contribution in [1.82, 2.24) is 0 Å². The molecule has 0 amide bonds. The summed E-state index contributed by atoms with van der Waals surface area (Å²) in [7, 11) is -3.47. The van der Waals surface area contributed by atoms with Crippen molar-refractivity contribution >= 4 is 21.7 Å². The molecule has 2 rings (SSSR count). The number of phenolic OH excluding ortho intramolecular Hbond substituents is 1. The highest BCUT2D eigenvalue weighted by molar-refractivity contribution is 7.93. The Morgan fingerprint density at radius 2 is 2.06 bits per heavy atom. The fourth-order valence-electron chi connectivity index (χ4n) is 1.56. The molecule has 18 heavy (non-hydrogen) atoms. The van der Waals surface area contributed by atoms with Crippen LogP contribution in [0.1, 0.15) is 18.4 Å². The van der Waals surface area contributed by atoms with Gasteiger partial charge in [-0.1, -0.05) is 6.07 Å². The molecule has 0 unspecified atom stereocenters. The molecule has 98 valence electrons. The predicted molar refractivity (Wildman–Crippen MR) is 65.0 cm³/mol. The Morgan fingerprint density at radius 1 is 1.39 bits per heavy atom. The summed E-state index contributed by atoms with van der Waals surface area (Å²) in [6.07, 6.45) is 1.01. The number of benzene rings is 1. The van der Waals surface area contributed by atoms with E-state index in [0.717, 1.165) is 0 Å². The average Bonchev–Trinajstić information content (AvgIpc) is 3.05. The Kier molecular flexibility index (Phi) is 3.16. The van der Waals surface area contributed by atoms with Crippen molar-refractivity contribution in [2.75, 3.05) is 4.72 Å². The largest absolute Gasteiger partial charge is 0.506 e. The summed E-state index contributed by atoms with van der Waals surface area (Å²) in [6, 6.07) is 4.06. The van der Waals surface area contributed by atoms with Gasteiger partial charge in [0, 0.05) is 0 Å². The van der Waals surface area contributed by atoms with Crippen LogP contribution in [0.2, 0.25) is 0 Å². The molecule has 1 saturated carbocycles. The molecule has 0 saturated heterocycles. The van der Waals surface area contributed by atoms with Crippen molar-refractivity contribution in [3.8, 4) is 5.75 Å². The maximum absolute atomic E-state index is 11.7. The van der Waals surface area contributed by atoms with Crippen molar-refractivity contribution in [3.05, 3.63) is 23.8 Å². The Labute approximate surface area is 104 Å². The van der Waals surface area contributed by atoms with E-state index in [4.69, 9.17) is 5.11 Å². The molecule has 1 aromatic rings. The molecule has 0 atom stereocenters. The molecule has 0 spiro atoms. The smallest absolute Gasteiger partial charge is 0.307 e. The fourth-order valence-corrected chi connectivity index (χ4v) is 2.96. The Morgan fingerprint density at radius 3 is 2.61 bits per heavy atom. The summed E-state index contributed by atoms with van der Waals surface area (Å²) in [4.78, 5) is 10.6. The monoisotopic (exact) mass is 271 g/mol. The van der Waals surface area contributed by atoms with E-state index in [2.05, 4.69) is 4.72 Å². The molecule has 6 nitrogen and oxygen atoms in total. The van der Waals surface area contributed by atoms with Gasteiger partial charge >= 0.3 is 5.97 Å². The molecule has 1 fully saturated rings. The van der Waals surface area contributed by atoms with Crippen molar-refractivity contribution in [2.24, 2.45) is 0 Å². The van der Waals surface area contributed by atoms with Crippen LogP contribution in [0.25, 0.3) is 0 Å². The molecule has 1 aliphatic rings. The molecule has 0 heterocycles. The van der Waals surface area contributed by atoms with Crippen LogP contribution in [-0.4, -0.2) is 29.9 Å². The van der Waals surface area contributed by atoms with Gasteiger partial charge in [-0.25, -0.2) is 8.42 Å². The summed E-state index contributed by atoms with van der Waals surface area (Å²) < 4.78 is 25.7. The minimum Gasteiger partial charge on any atom is -0.506 e. The van der Waals surface area contributed by atoms with E-state index in [9.17, 15) is 18.3 Å². The van der Waals surface area contributed by atoms with Crippen molar-refractivity contribution in [3.63, 3.8) is 0 Å². The van der Waals surface area contributed by atoms with Gasteiger partial charge in [0.1, 0.15) is 5.75 Å². The molecule has 1 aliphatic carbocycles. The van der Waals surface area contributed by atoms with Crippen molar-refractivity contribution in [1.29, 1.82) is 0 Å². The number of sulfonamides is 1. The number of carbonyl (C=O) groups is 1. The zero-order valence-corrected chi connectivity index (χ0v) is 10.3. The lowest BCUT2D eigenvalue weighted by Gasteiger charge is -2.10. The van der Waals surface area contributed by atoms with Crippen LogP contribution < -0.4 is 4.72 Å². The number of rotatable bonds is 5. The van der Waals surface area contributed by atoms with Crippen LogP contribution in [0.5, 0.6) is 5.75 Å². The second-order valence-electron chi connectivity index (χ2n) is 4.27. The van der Waals surface area contributed by atoms with Crippen molar-refractivity contribution < 1.29 is 23.4 Å². The van der Waals surface area contributed by atoms with Gasteiger partial charge in [-0.2, -0.15) is 0 Å². The summed E-state index contributed by atoms with van der Waals surface area (Å²) in [5, 5.41) is 17.8. The van der Waals surface area contributed by atoms with Gasteiger partial charge in [0.2, 0.25) is 10.0 Å². The first-order valence-corrected chi connectivity index (χ1v) is 6.98. The van der Waals surface area contributed by atoms with E-state index in [1.165, 1.54) is 18.2 Å². The number of aromatic hydroxyl groups is 1. The number of hydrogen-bond acceptors (Lipinski definition) is 4. The highest BCUT2D eigenvalue weighted by Crippen LogP contribution is 2.32. The minimum absolute atomic E-state index is 0.0284. The van der Waals surface area contributed by atoms with Crippen LogP contribution >= 0.6 is 0 Å². The number of carboxylic acid groups (broad SMARTS) is 1. The average molecular weight is 271 g/mol. The Bertz CT molecular complexity index is 577. The third-order valence-corrected chi connectivity index (χ3v) is 4.49. The first-order chi connectivity index (χ1) is 8.38. The Hall–Kier alpha value is -1.76. The number of phenols is 1. The van der Waals surface area contributed by atoms with E-state index >= 15 is 0 Å². The highest BCUT2D eigenvalue weighted by Gasteiger charge is 2.36. The first kappa shape index (κ1) is 12.7. The molecule has 0 aromatic heterocycles. The lowest BCUT2D eigenvalue weighted by atomic mass is 10.1. The third-order valence-electron chi connectivity index (χ3n) is 2.63. The molecule has 0 aliphatic heterocycles. The molecule has 7 heteroatoms. The number of hydrogen-bond donors (Lipinski definition) is 3. The van der Waals surface area contributed by atoms with Crippen molar-refractivity contribution in [2.45, 2.75) is 24.5 Å². The topological polar surface area (TPSA) is 104 Å². The van der Waals surface area contributed by atoms with Crippen LogP contribution in [0, 0.1) is 0 Å². The number of carboxylic acids is 1. The number of nitrogens with one attached hydrogen (secondary N) is 1. The van der Waals surface area contributed by atoms with Gasteiger partial charge in [-0.05, 0) is 30.5 Å². The maximum atomic E-state index is 11.7. The Balaban J connectivity index is 2.23. The molecule has 0 bridgehead atoms. The van der Waals surface area contributed by atoms with Gasteiger partial charge in [0.25, 0.3) is 0 Å². The summed E-state index contributed by atoms with van der Waals surface area (Å²) in [5.74, 6) is -1.23. The maximum Gasteiger partial charge on any atom is 0.307 e. The lowest BCUT2D eigenvalue weighted by Crippen LogP contribution is -2.17. The minimum atomic E-state index is -3.47. The summed E-state index contributed by atoms with van der Waals surface area (Å²) in [6.45, 7) is 0. The molecule has 3 N–H and O–H groups in total. The van der Waals surface area contributed by atoms with Gasteiger partial charge in [0.05, 0.1) is 17.4 Å². The first-order valence-electron chi connectivity index (χ1n) is 5.44. The number of aliphatic carboxylic acids is 1. The summed E-state index contributed by atoms with van der Waals surface area (Å²) >= 11 is 0. The van der Waals surface area contributed by atoms with Crippen LogP contribution in [0.3, 0.4) is 0 Å². The zero-order chi connectivity index (χ0) is 13.3. The van der Waals surface area contributed by atoms with Crippen LogP contribution in [0.15, 0.2) is 18.2 Å². The molecule has 1 aromatic carbocycles. The standard InChI is InChI=1S/C11H13NO5S/c13-10-4-1-7(6-11(14)15)5-9(10)12-18(16,17)8-2-3-8/h1,4-5,8,12-13H,2-3,6H2,(H,14,15). The number of anilines is 1. The van der Waals surface area contributed by atoms with E-state index in [0.29, 0.717) is 18.4 Å². The summed E-state index contributed by atoms with van der Waals surface area (Å²) in [5.41, 5.74) is 0.453. The molecular formula is C11H13NO5S. The van der Waals surface area contributed by atoms with E-state index in [1.54, 1.807) is 0 Å². The van der Waals surface area contributed by atoms with Crippen LogP contribution in [-0.2, 0) is 21.2 Å². The predicted octanol–water partition coefficient (Wildman–Crippen LogP) is 0.923. The molecule has 0 radical (unpaired) electrons. The third kappa shape index (κ3) is 2.92. The highest BCUT2D eigenvalue weighted by atomic mass is 32.2. The van der Waals surface area contributed by atoms with Gasteiger partial charge in [0.15, 0.2) is 0 Å². The second-order valence-corrected chi connectivity index (χ2v) is 6.23. The van der Waals surface area contributed by atoms with Gasteiger partial charge < -0.3 is 10.2 Å². The van der Waals surface area contributed by atoms with E-state index in [-0.39, 0.29) is 17.9 Å². The van der Waals surface area contributed by atoms with Crippen LogP contribution in [0.4, 0.5) is 5.69 Å². The normalized spacial score (nSPS) is 15.3. The fraction of sp³-hybridized carbons (Fsp3) is 0.364. The quantitative estimate of drug-likeness (QED) is 0.691. The van der Waals surface area contributed by atoms with E-state index in [1.807, 2.05) is 0 Å². The lowest BCUT2D eigenvalue weighted by molar-refractivity contribution is -0.136. The van der Waals surface area contributed by atoms with E-state index < -0.39 is 21.2 Å².